The summed E-state index contributed by atoms with van der Waals surface area (Å²) in [6.07, 6.45) is 3.38. The molecule has 2 fully saturated rings. The summed E-state index contributed by atoms with van der Waals surface area (Å²) in [7, 11) is -2.15. The molecule has 2 unspecified atom stereocenters. The molecule has 8 heteroatoms. The molecule has 1 heterocycles. The first kappa shape index (κ1) is 15.3. The predicted molar refractivity (Wildman–Crippen MR) is 79.1 cm³/mol. The molecular formula is C13H16ClNO4S2. The number of fused-ring (bicyclic) bond motifs is 1. The van der Waals surface area contributed by atoms with Gasteiger partial charge in [0.05, 0.1) is 9.79 Å². The molecule has 116 valence electrons. The maximum atomic E-state index is 12.6. The molecule has 5 nitrogen and oxygen atoms in total. The van der Waals surface area contributed by atoms with E-state index in [4.69, 9.17) is 10.7 Å². The zero-order chi connectivity index (χ0) is 15.3. The largest absolute Gasteiger partial charge is 0.261 e. The summed E-state index contributed by atoms with van der Waals surface area (Å²) in [6, 6.07) is 5.07. The van der Waals surface area contributed by atoms with Crippen molar-refractivity contribution in [1.82, 2.24) is 4.31 Å². The predicted octanol–water partition coefficient (Wildman–Crippen LogP) is 2.03. The molecule has 0 bridgehead atoms. The van der Waals surface area contributed by atoms with Gasteiger partial charge in [0.1, 0.15) is 0 Å². The highest BCUT2D eigenvalue weighted by atomic mass is 35.7. The van der Waals surface area contributed by atoms with Gasteiger partial charge in [-0.2, -0.15) is 4.31 Å². The van der Waals surface area contributed by atoms with Crippen LogP contribution >= 0.6 is 10.7 Å². The summed E-state index contributed by atoms with van der Waals surface area (Å²) in [6.45, 7) is 1.14. The highest BCUT2D eigenvalue weighted by Gasteiger charge is 2.41. The maximum Gasteiger partial charge on any atom is 0.261 e. The molecule has 0 N–H and O–H groups in total. The first-order valence-electron chi connectivity index (χ1n) is 6.83. The van der Waals surface area contributed by atoms with E-state index in [0.717, 1.165) is 12.8 Å². The fraction of sp³-hybridized carbons (Fsp3) is 0.538. The minimum atomic E-state index is -3.83. The van der Waals surface area contributed by atoms with Gasteiger partial charge in [0, 0.05) is 23.8 Å². The topological polar surface area (TPSA) is 71.5 Å². The minimum absolute atomic E-state index is 0.0959. The Bertz CT molecular complexity index is 731. The van der Waals surface area contributed by atoms with Gasteiger partial charge >= 0.3 is 0 Å². The SMILES string of the molecule is O=S(=O)(Cl)c1ccc(S(=O)(=O)N2CC3CCCC3C2)cc1. The second-order valence-electron chi connectivity index (χ2n) is 5.68. The van der Waals surface area contributed by atoms with Gasteiger partial charge in [-0.1, -0.05) is 6.42 Å². The molecule has 1 aliphatic heterocycles. The van der Waals surface area contributed by atoms with E-state index >= 15 is 0 Å². The molecule has 1 saturated carbocycles. The van der Waals surface area contributed by atoms with Crippen LogP contribution in [0.3, 0.4) is 0 Å². The fourth-order valence-electron chi connectivity index (χ4n) is 3.31. The molecule has 2 aliphatic rings. The lowest BCUT2D eigenvalue weighted by molar-refractivity contribution is 0.445. The van der Waals surface area contributed by atoms with Gasteiger partial charge in [0.25, 0.3) is 9.05 Å². The molecule has 1 aromatic carbocycles. The molecule has 0 aromatic heterocycles. The van der Waals surface area contributed by atoms with Crippen molar-refractivity contribution in [3.63, 3.8) is 0 Å². The number of hydrogen-bond donors (Lipinski definition) is 0. The van der Waals surface area contributed by atoms with Crippen LogP contribution in [0, 0.1) is 11.8 Å². The van der Waals surface area contributed by atoms with Gasteiger partial charge in [-0.15, -0.1) is 0 Å². The number of benzene rings is 1. The van der Waals surface area contributed by atoms with E-state index in [1.165, 1.54) is 35.0 Å². The third-order valence-electron chi connectivity index (χ3n) is 4.44. The Labute approximate surface area is 129 Å². The Balaban J connectivity index is 1.85. The smallest absolute Gasteiger partial charge is 0.207 e. The minimum Gasteiger partial charge on any atom is -0.207 e. The lowest BCUT2D eigenvalue weighted by Gasteiger charge is -2.17. The molecule has 1 aliphatic carbocycles. The van der Waals surface area contributed by atoms with Gasteiger partial charge in [-0.3, -0.25) is 0 Å². The van der Waals surface area contributed by atoms with Gasteiger partial charge in [0.15, 0.2) is 0 Å². The number of rotatable bonds is 3. The Morgan fingerprint density at radius 3 is 1.86 bits per heavy atom. The van der Waals surface area contributed by atoms with Gasteiger partial charge in [-0.05, 0) is 48.9 Å². The quantitative estimate of drug-likeness (QED) is 0.783. The lowest BCUT2D eigenvalue weighted by Crippen LogP contribution is -2.29. The van der Waals surface area contributed by atoms with Crippen molar-refractivity contribution >= 4 is 29.8 Å². The summed E-state index contributed by atoms with van der Waals surface area (Å²) in [5.41, 5.74) is 0. The second kappa shape index (κ2) is 5.22. The number of sulfonamides is 1. The molecule has 1 aromatic rings. The summed E-state index contributed by atoms with van der Waals surface area (Å²) >= 11 is 0. The highest BCUT2D eigenvalue weighted by Crippen LogP contribution is 2.39. The van der Waals surface area contributed by atoms with Crippen LogP contribution in [0.2, 0.25) is 0 Å². The third-order valence-corrected chi connectivity index (χ3v) is 7.65. The maximum absolute atomic E-state index is 12.6. The average Bonchev–Trinajstić information content (AvgIpc) is 2.98. The van der Waals surface area contributed by atoms with Crippen LogP contribution in [-0.4, -0.2) is 34.2 Å². The summed E-state index contributed by atoms with van der Waals surface area (Å²) < 4.78 is 49.0. The Hall–Kier alpha value is -0.630. The zero-order valence-electron chi connectivity index (χ0n) is 11.3. The fourth-order valence-corrected chi connectivity index (χ4v) is 5.63. The second-order valence-corrected chi connectivity index (χ2v) is 10.2. The molecule has 2 atom stereocenters. The Kier molecular flexibility index (Phi) is 3.80. The summed E-state index contributed by atoms with van der Waals surface area (Å²) in [5.74, 6) is 0.949. The van der Waals surface area contributed by atoms with E-state index in [1.807, 2.05) is 0 Å². The van der Waals surface area contributed by atoms with Crippen molar-refractivity contribution in [3.05, 3.63) is 24.3 Å². The molecule has 0 radical (unpaired) electrons. The summed E-state index contributed by atoms with van der Waals surface area (Å²) in [4.78, 5) is 0.0212. The van der Waals surface area contributed by atoms with Crippen LogP contribution in [-0.2, 0) is 19.1 Å². The summed E-state index contributed by atoms with van der Waals surface area (Å²) in [5, 5.41) is 0. The van der Waals surface area contributed by atoms with E-state index in [1.54, 1.807) is 0 Å². The Morgan fingerprint density at radius 2 is 1.38 bits per heavy atom. The van der Waals surface area contributed by atoms with Crippen molar-refractivity contribution in [1.29, 1.82) is 0 Å². The van der Waals surface area contributed by atoms with E-state index in [9.17, 15) is 16.8 Å². The Morgan fingerprint density at radius 1 is 0.905 bits per heavy atom. The molecule has 1 saturated heterocycles. The van der Waals surface area contributed by atoms with Crippen LogP contribution in [0.15, 0.2) is 34.1 Å². The van der Waals surface area contributed by atoms with Crippen LogP contribution in [0.5, 0.6) is 0 Å². The molecule has 3 rings (SSSR count). The van der Waals surface area contributed by atoms with Crippen molar-refractivity contribution in [2.45, 2.75) is 29.1 Å². The molecular weight excluding hydrogens is 334 g/mol. The van der Waals surface area contributed by atoms with Gasteiger partial charge < -0.3 is 0 Å². The van der Waals surface area contributed by atoms with E-state index in [2.05, 4.69) is 0 Å². The average molecular weight is 350 g/mol. The van der Waals surface area contributed by atoms with Crippen molar-refractivity contribution in [2.75, 3.05) is 13.1 Å². The molecule has 0 amide bonds. The van der Waals surface area contributed by atoms with Crippen LogP contribution in [0.1, 0.15) is 19.3 Å². The monoisotopic (exact) mass is 349 g/mol. The molecule has 0 spiro atoms. The van der Waals surface area contributed by atoms with Gasteiger partial charge in [0.2, 0.25) is 10.0 Å². The van der Waals surface area contributed by atoms with Crippen molar-refractivity contribution in [3.8, 4) is 0 Å². The lowest BCUT2D eigenvalue weighted by atomic mass is 10.0. The number of halogens is 1. The van der Waals surface area contributed by atoms with Gasteiger partial charge in [-0.25, -0.2) is 16.8 Å². The van der Waals surface area contributed by atoms with Crippen LogP contribution in [0.25, 0.3) is 0 Å². The number of hydrogen-bond acceptors (Lipinski definition) is 4. The molecule has 21 heavy (non-hydrogen) atoms. The number of nitrogens with zero attached hydrogens (tertiary/aromatic N) is 1. The van der Waals surface area contributed by atoms with Crippen molar-refractivity contribution in [2.24, 2.45) is 11.8 Å². The van der Waals surface area contributed by atoms with E-state index in [-0.39, 0.29) is 9.79 Å². The van der Waals surface area contributed by atoms with E-state index in [0.29, 0.717) is 24.9 Å². The standard InChI is InChI=1S/C13H16ClNO4S2/c14-20(16,17)12-4-6-13(7-5-12)21(18,19)15-8-10-2-1-3-11(10)9-15/h4-7,10-11H,1-3,8-9H2. The third kappa shape index (κ3) is 2.84. The van der Waals surface area contributed by atoms with Crippen molar-refractivity contribution < 1.29 is 16.8 Å². The first-order valence-corrected chi connectivity index (χ1v) is 10.6. The normalized spacial score (nSPS) is 26.9. The van der Waals surface area contributed by atoms with Crippen LogP contribution < -0.4 is 0 Å². The van der Waals surface area contributed by atoms with Crippen LogP contribution in [0.4, 0.5) is 0 Å². The zero-order valence-corrected chi connectivity index (χ0v) is 13.7. The van der Waals surface area contributed by atoms with E-state index < -0.39 is 19.1 Å². The highest BCUT2D eigenvalue weighted by molar-refractivity contribution is 8.13. The first-order chi connectivity index (χ1) is 9.78.